The van der Waals surface area contributed by atoms with Gasteiger partial charge in [0, 0.05) is 0 Å². The number of nitriles is 1. The number of ether oxygens (including phenoxy) is 1. The monoisotopic (exact) mass is 368 g/mol. The highest BCUT2D eigenvalue weighted by Gasteiger charge is 2.42. The van der Waals surface area contributed by atoms with Gasteiger partial charge >= 0.3 is 5.97 Å². The van der Waals surface area contributed by atoms with Crippen LogP contribution in [0, 0.1) is 18.3 Å². The number of amidine groups is 1. The first-order valence-electron chi connectivity index (χ1n) is 8.27. The minimum atomic E-state index is -0.479. The Morgan fingerprint density at radius 3 is 2.58 bits per heavy atom. The highest BCUT2D eigenvalue weighted by Crippen LogP contribution is 2.45. The fourth-order valence-corrected chi connectivity index (χ4v) is 3.86. The maximum atomic E-state index is 12.8. The number of thioether (sulfide) groups is 1. The Morgan fingerprint density at radius 2 is 2.00 bits per heavy atom. The minimum absolute atomic E-state index is 0.248. The van der Waals surface area contributed by atoms with Crippen LogP contribution in [-0.2, 0) is 9.53 Å². The van der Waals surface area contributed by atoms with Crippen molar-refractivity contribution in [2.45, 2.75) is 39.8 Å². The van der Waals surface area contributed by atoms with E-state index in [2.05, 4.69) is 11.1 Å². The summed E-state index contributed by atoms with van der Waals surface area (Å²) in [5.41, 5.74) is 9.24. The summed E-state index contributed by atoms with van der Waals surface area (Å²) in [7, 11) is 0. The molecular formula is C19H20N4O2S. The minimum Gasteiger partial charge on any atom is -0.459 e. The lowest BCUT2D eigenvalue weighted by Crippen LogP contribution is -2.39. The molecule has 1 atom stereocenters. The predicted molar refractivity (Wildman–Crippen MR) is 102 cm³/mol. The van der Waals surface area contributed by atoms with Crippen LogP contribution in [0.2, 0.25) is 0 Å². The highest BCUT2D eigenvalue weighted by atomic mass is 32.2. The summed E-state index contributed by atoms with van der Waals surface area (Å²) in [6.07, 6.45) is -0.248. The van der Waals surface area contributed by atoms with E-state index < -0.39 is 12.0 Å². The molecule has 0 radical (unpaired) electrons. The molecule has 0 spiro atoms. The van der Waals surface area contributed by atoms with Crippen molar-refractivity contribution in [1.82, 2.24) is 4.90 Å². The van der Waals surface area contributed by atoms with Crippen molar-refractivity contribution < 1.29 is 9.53 Å². The summed E-state index contributed by atoms with van der Waals surface area (Å²) in [4.78, 5) is 19.4. The lowest BCUT2D eigenvalue weighted by Gasteiger charge is -2.35. The number of esters is 1. The molecule has 0 aromatic heterocycles. The SMILES string of the molecule is CC1=C(C(=O)OC(C)C)[C@H](c2ccc(C)cc2)N2C(=N1)SC(C#N)=C2N. The second kappa shape index (κ2) is 6.89. The Balaban J connectivity index is 2.16. The Morgan fingerprint density at radius 1 is 1.35 bits per heavy atom. The van der Waals surface area contributed by atoms with Crippen molar-refractivity contribution in [3.05, 3.63) is 57.4 Å². The number of nitrogens with two attached hydrogens (primary N) is 1. The molecule has 0 saturated carbocycles. The zero-order valence-corrected chi connectivity index (χ0v) is 15.9. The third-order valence-corrected chi connectivity index (χ3v) is 5.11. The average Bonchev–Trinajstić information content (AvgIpc) is 2.89. The van der Waals surface area contributed by atoms with Gasteiger partial charge in [-0.05, 0) is 45.0 Å². The van der Waals surface area contributed by atoms with Crippen molar-refractivity contribution in [3.63, 3.8) is 0 Å². The van der Waals surface area contributed by atoms with Gasteiger partial charge in [0.25, 0.3) is 0 Å². The maximum Gasteiger partial charge on any atom is 0.338 e. The number of carbonyl (C=O) groups excluding carboxylic acids is 1. The van der Waals surface area contributed by atoms with E-state index in [9.17, 15) is 10.1 Å². The first kappa shape index (κ1) is 18.1. The number of nitrogens with zero attached hydrogens (tertiary/aromatic N) is 3. The molecule has 7 heteroatoms. The van der Waals surface area contributed by atoms with Gasteiger partial charge < -0.3 is 10.5 Å². The molecule has 2 heterocycles. The van der Waals surface area contributed by atoms with Crippen molar-refractivity contribution >= 4 is 22.9 Å². The van der Waals surface area contributed by atoms with Gasteiger partial charge in [-0.2, -0.15) is 5.26 Å². The average molecular weight is 368 g/mol. The molecule has 1 aromatic rings. The smallest absolute Gasteiger partial charge is 0.338 e. The second-order valence-corrected chi connectivity index (χ2v) is 7.44. The van der Waals surface area contributed by atoms with Crippen molar-refractivity contribution in [2.24, 2.45) is 10.7 Å². The maximum absolute atomic E-state index is 12.8. The van der Waals surface area contributed by atoms with Gasteiger partial charge in [0.05, 0.1) is 23.4 Å². The molecule has 0 unspecified atom stereocenters. The van der Waals surface area contributed by atoms with Gasteiger partial charge in [0.15, 0.2) is 5.17 Å². The lowest BCUT2D eigenvalue weighted by molar-refractivity contribution is -0.143. The van der Waals surface area contributed by atoms with E-state index in [0.29, 0.717) is 27.2 Å². The third-order valence-electron chi connectivity index (χ3n) is 4.13. The second-order valence-electron chi connectivity index (χ2n) is 6.46. The van der Waals surface area contributed by atoms with Gasteiger partial charge in [0.1, 0.15) is 16.8 Å². The number of allylic oxidation sites excluding steroid dienone is 2. The molecule has 3 rings (SSSR count). The molecule has 0 aliphatic carbocycles. The molecule has 0 saturated heterocycles. The standard InChI is InChI=1S/C19H20N4O2S/c1-10(2)25-18(24)15-12(4)22-19-23(17(21)14(9-20)26-19)16(15)13-7-5-11(3)6-8-13/h5-8,10,16H,21H2,1-4H3/t16-/m0/s1. The molecule has 1 aromatic carbocycles. The topological polar surface area (TPSA) is 91.7 Å². The van der Waals surface area contributed by atoms with Gasteiger partial charge in [-0.1, -0.05) is 29.8 Å². The predicted octanol–water partition coefficient (Wildman–Crippen LogP) is 3.33. The Hall–Kier alpha value is -2.72. The van der Waals surface area contributed by atoms with Crippen LogP contribution in [-0.4, -0.2) is 22.1 Å². The fourth-order valence-electron chi connectivity index (χ4n) is 2.94. The van der Waals surface area contributed by atoms with Gasteiger partial charge in [-0.15, -0.1) is 0 Å². The Bertz CT molecular complexity index is 891. The van der Waals surface area contributed by atoms with Crippen LogP contribution in [0.3, 0.4) is 0 Å². The molecule has 0 amide bonds. The van der Waals surface area contributed by atoms with E-state index >= 15 is 0 Å². The molecule has 6 nitrogen and oxygen atoms in total. The molecule has 26 heavy (non-hydrogen) atoms. The Kier molecular flexibility index (Phi) is 4.79. The number of carbonyl (C=O) groups is 1. The molecule has 0 bridgehead atoms. The fraction of sp³-hybridized carbons (Fsp3) is 0.316. The van der Waals surface area contributed by atoms with Crippen LogP contribution in [0.4, 0.5) is 0 Å². The number of hydrogen-bond donors (Lipinski definition) is 1. The molecule has 2 N–H and O–H groups in total. The molecule has 2 aliphatic heterocycles. The number of aryl methyl sites for hydroxylation is 1. The third kappa shape index (κ3) is 3.08. The van der Waals surface area contributed by atoms with Crippen LogP contribution < -0.4 is 5.73 Å². The molecular weight excluding hydrogens is 348 g/mol. The summed E-state index contributed by atoms with van der Waals surface area (Å²) >= 11 is 1.22. The molecule has 0 fully saturated rings. The number of rotatable bonds is 3. The van der Waals surface area contributed by atoms with Crippen molar-refractivity contribution in [1.29, 1.82) is 5.26 Å². The van der Waals surface area contributed by atoms with E-state index in [1.807, 2.05) is 31.2 Å². The van der Waals surface area contributed by atoms with Crippen LogP contribution in [0.15, 0.2) is 51.3 Å². The van der Waals surface area contributed by atoms with E-state index in [1.165, 1.54) is 11.8 Å². The van der Waals surface area contributed by atoms with Crippen molar-refractivity contribution in [2.75, 3.05) is 0 Å². The molecule has 2 aliphatic rings. The van der Waals surface area contributed by atoms with E-state index in [0.717, 1.165) is 11.1 Å². The zero-order valence-electron chi connectivity index (χ0n) is 15.1. The van der Waals surface area contributed by atoms with Crippen LogP contribution >= 0.6 is 11.8 Å². The Labute approximate surface area is 157 Å². The first-order valence-corrected chi connectivity index (χ1v) is 9.09. The summed E-state index contributed by atoms with van der Waals surface area (Å²) in [6, 6.07) is 9.51. The normalized spacial score (nSPS) is 19.5. The van der Waals surface area contributed by atoms with Gasteiger partial charge in [0.2, 0.25) is 0 Å². The van der Waals surface area contributed by atoms with Crippen LogP contribution in [0.25, 0.3) is 0 Å². The first-order chi connectivity index (χ1) is 12.3. The van der Waals surface area contributed by atoms with Gasteiger partial charge in [-0.3, -0.25) is 4.90 Å². The van der Waals surface area contributed by atoms with Crippen molar-refractivity contribution in [3.8, 4) is 6.07 Å². The highest BCUT2D eigenvalue weighted by molar-refractivity contribution is 8.17. The van der Waals surface area contributed by atoms with E-state index in [4.69, 9.17) is 10.5 Å². The largest absolute Gasteiger partial charge is 0.459 e. The van der Waals surface area contributed by atoms with E-state index in [1.54, 1.807) is 25.7 Å². The van der Waals surface area contributed by atoms with Crippen LogP contribution in [0.1, 0.15) is 37.9 Å². The number of fused-ring (bicyclic) bond motifs is 1. The number of benzene rings is 1. The van der Waals surface area contributed by atoms with Crippen LogP contribution in [0.5, 0.6) is 0 Å². The van der Waals surface area contributed by atoms with E-state index in [-0.39, 0.29) is 6.10 Å². The summed E-state index contributed by atoms with van der Waals surface area (Å²) in [6.45, 7) is 7.39. The van der Waals surface area contributed by atoms with Gasteiger partial charge in [-0.25, -0.2) is 9.79 Å². The zero-order chi connectivity index (χ0) is 19.0. The quantitative estimate of drug-likeness (QED) is 0.823. The lowest BCUT2D eigenvalue weighted by atomic mass is 9.94. The molecule has 134 valence electrons. The summed E-state index contributed by atoms with van der Waals surface area (Å²) in [5.74, 6) is -0.113. The summed E-state index contributed by atoms with van der Waals surface area (Å²) < 4.78 is 5.45. The number of hydrogen-bond acceptors (Lipinski definition) is 7. The number of aliphatic imine (C=N–C) groups is 1. The summed E-state index contributed by atoms with van der Waals surface area (Å²) in [5, 5.41) is 9.94.